The van der Waals surface area contributed by atoms with Crippen LogP contribution in [0.25, 0.3) is 0 Å². The summed E-state index contributed by atoms with van der Waals surface area (Å²) in [5, 5.41) is 0. The lowest BCUT2D eigenvalue weighted by Crippen LogP contribution is -2.29. The minimum absolute atomic E-state index is 0.0725. The molecule has 0 fully saturated rings. The summed E-state index contributed by atoms with van der Waals surface area (Å²) in [6.07, 6.45) is 0. The van der Waals surface area contributed by atoms with Gasteiger partial charge >= 0.3 is 5.69 Å². The van der Waals surface area contributed by atoms with Gasteiger partial charge in [-0.1, -0.05) is 12.1 Å². The first-order chi connectivity index (χ1) is 9.95. The third-order valence-electron chi connectivity index (χ3n) is 3.24. The van der Waals surface area contributed by atoms with E-state index in [1.54, 1.807) is 38.1 Å². The molecule has 110 valence electrons. The number of aromatic nitrogens is 2. The normalized spacial score (nSPS) is 10.5. The van der Waals surface area contributed by atoms with Gasteiger partial charge in [-0.3, -0.25) is 9.36 Å². The maximum atomic E-state index is 12.4. The number of benzene rings is 1. The summed E-state index contributed by atoms with van der Waals surface area (Å²) in [5.41, 5.74) is 1.30. The number of ether oxygens (including phenoxy) is 1. The fraction of sp³-hybridized carbons (Fsp3) is 0.267. The number of halogens is 1. The second kappa shape index (κ2) is 6.22. The van der Waals surface area contributed by atoms with Crippen molar-refractivity contribution in [3.63, 3.8) is 0 Å². The molecular formula is C15H15BrN2O3. The Morgan fingerprint density at radius 2 is 2.00 bits per heavy atom. The molecule has 0 aliphatic carbocycles. The number of carbonyl (C=O) groups excluding carboxylic acids is 1. The molecule has 0 saturated heterocycles. The number of hydrogen-bond donors (Lipinski definition) is 0. The van der Waals surface area contributed by atoms with E-state index in [9.17, 15) is 9.59 Å². The van der Waals surface area contributed by atoms with E-state index in [0.29, 0.717) is 22.7 Å². The van der Waals surface area contributed by atoms with E-state index in [2.05, 4.69) is 20.9 Å². The standard InChI is InChI=1S/C15H15BrN2O3/c1-9-14(16)10(2)18(15(20)17-9)8-12(19)11-6-4-5-7-13(11)21-3/h4-7H,8H2,1-3H3. The van der Waals surface area contributed by atoms with Crippen molar-refractivity contribution in [3.8, 4) is 5.75 Å². The number of nitrogens with zero attached hydrogens (tertiary/aromatic N) is 2. The van der Waals surface area contributed by atoms with Gasteiger partial charge in [0.05, 0.1) is 29.4 Å². The Bertz CT molecular complexity index is 753. The molecule has 21 heavy (non-hydrogen) atoms. The zero-order chi connectivity index (χ0) is 15.6. The van der Waals surface area contributed by atoms with E-state index in [0.717, 1.165) is 4.47 Å². The molecule has 6 heteroatoms. The highest BCUT2D eigenvalue weighted by atomic mass is 79.9. The molecule has 0 saturated carbocycles. The highest BCUT2D eigenvalue weighted by Crippen LogP contribution is 2.20. The Hall–Kier alpha value is -1.95. The second-order valence-electron chi connectivity index (χ2n) is 4.59. The molecule has 0 atom stereocenters. The Kier molecular flexibility index (Phi) is 4.57. The van der Waals surface area contributed by atoms with Crippen LogP contribution in [0.5, 0.6) is 5.75 Å². The highest BCUT2D eigenvalue weighted by Gasteiger charge is 2.16. The molecule has 0 aliphatic rings. The number of para-hydroxylation sites is 1. The smallest absolute Gasteiger partial charge is 0.348 e. The van der Waals surface area contributed by atoms with E-state index in [4.69, 9.17) is 4.74 Å². The zero-order valence-corrected chi connectivity index (χ0v) is 13.6. The van der Waals surface area contributed by atoms with Gasteiger partial charge in [-0.05, 0) is 41.9 Å². The van der Waals surface area contributed by atoms with Gasteiger partial charge in [-0.25, -0.2) is 4.79 Å². The summed E-state index contributed by atoms with van der Waals surface area (Å²) in [5.74, 6) is 0.294. The maximum absolute atomic E-state index is 12.4. The van der Waals surface area contributed by atoms with Crippen LogP contribution >= 0.6 is 15.9 Å². The SMILES string of the molecule is COc1ccccc1C(=O)Cn1c(C)c(Br)c(C)nc1=O. The van der Waals surface area contributed by atoms with Crippen LogP contribution in [0.3, 0.4) is 0 Å². The second-order valence-corrected chi connectivity index (χ2v) is 5.38. The molecule has 0 spiro atoms. The van der Waals surface area contributed by atoms with Gasteiger partial charge in [0.2, 0.25) is 0 Å². The number of Topliss-reactive ketones (excluding diaryl/α,β-unsaturated/α-hetero) is 1. The maximum Gasteiger partial charge on any atom is 0.348 e. The molecule has 0 amide bonds. The largest absolute Gasteiger partial charge is 0.496 e. The summed E-state index contributed by atoms with van der Waals surface area (Å²) in [6, 6.07) is 6.94. The van der Waals surface area contributed by atoms with Crippen LogP contribution in [0.2, 0.25) is 0 Å². The monoisotopic (exact) mass is 350 g/mol. The lowest BCUT2D eigenvalue weighted by atomic mass is 10.1. The molecule has 1 heterocycles. The third kappa shape index (κ3) is 3.05. The van der Waals surface area contributed by atoms with Crippen molar-refractivity contribution in [2.75, 3.05) is 7.11 Å². The quantitative estimate of drug-likeness (QED) is 0.795. The molecule has 0 radical (unpaired) electrons. The van der Waals surface area contributed by atoms with Crippen LogP contribution in [0, 0.1) is 13.8 Å². The molecule has 1 aromatic carbocycles. The summed E-state index contributed by atoms with van der Waals surface area (Å²) in [4.78, 5) is 28.3. The summed E-state index contributed by atoms with van der Waals surface area (Å²) < 4.78 is 7.26. The average Bonchev–Trinajstić information content (AvgIpc) is 2.49. The van der Waals surface area contributed by atoms with Crippen molar-refractivity contribution >= 4 is 21.7 Å². The molecule has 0 bridgehead atoms. The molecule has 2 aromatic rings. The Morgan fingerprint density at radius 1 is 1.33 bits per heavy atom. The minimum Gasteiger partial charge on any atom is -0.496 e. The molecule has 0 unspecified atom stereocenters. The van der Waals surface area contributed by atoms with Crippen LogP contribution in [-0.4, -0.2) is 22.4 Å². The van der Waals surface area contributed by atoms with Gasteiger partial charge in [0.15, 0.2) is 5.78 Å². The van der Waals surface area contributed by atoms with Crippen LogP contribution < -0.4 is 10.4 Å². The Labute approximate surface area is 130 Å². The number of rotatable bonds is 4. The van der Waals surface area contributed by atoms with Gasteiger partial charge in [-0.15, -0.1) is 0 Å². The van der Waals surface area contributed by atoms with Gasteiger partial charge in [0.1, 0.15) is 5.75 Å². The van der Waals surface area contributed by atoms with Crippen LogP contribution in [-0.2, 0) is 6.54 Å². The molecule has 0 N–H and O–H groups in total. The lowest BCUT2D eigenvalue weighted by Gasteiger charge is -2.12. The van der Waals surface area contributed by atoms with Gasteiger partial charge in [0, 0.05) is 5.69 Å². The molecule has 1 aromatic heterocycles. The fourth-order valence-electron chi connectivity index (χ4n) is 2.07. The molecule has 0 aliphatic heterocycles. The van der Waals surface area contributed by atoms with Gasteiger partial charge in [0.25, 0.3) is 0 Å². The van der Waals surface area contributed by atoms with Crippen molar-refractivity contribution in [3.05, 3.63) is 56.2 Å². The minimum atomic E-state index is -0.434. The molecular weight excluding hydrogens is 336 g/mol. The van der Waals surface area contributed by atoms with E-state index >= 15 is 0 Å². The lowest BCUT2D eigenvalue weighted by molar-refractivity contribution is 0.0966. The van der Waals surface area contributed by atoms with E-state index in [-0.39, 0.29) is 12.3 Å². The van der Waals surface area contributed by atoms with Crippen molar-refractivity contribution < 1.29 is 9.53 Å². The van der Waals surface area contributed by atoms with Gasteiger partial charge in [-0.2, -0.15) is 4.98 Å². The van der Waals surface area contributed by atoms with Crippen molar-refractivity contribution in [2.24, 2.45) is 0 Å². The third-order valence-corrected chi connectivity index (χ3v) is 4.39. The van der Waals surface area contributed by atoms with E-state index in [1.165, 1.54) is 11.7 Å². The predicted octanol–water partition coefficient (Wildman–Crippen LogP) is 2.51. The van der Waals surface area contributed by atoms with Crippen molar-refractivity contribution in [1.82, 2.24) is 9.55 Å². The van der Waals surface area contributed by atoms with Gasteiger partial charge < -0.3 is 4.74 Å². The summed E-state index contributed by atoms with van der Waals surface area (Å²) in [7, 11) is 1.51. The summed E-state index contributed by atoms with van der Waals surface area (Å²) >= 11 is 3.38. The fourth-order valence-corrected chi connectivity index (χ4v) is 2.37. The first-order valence-corrected chi connectivity index (χ1v) is 7.14. The van der Waals surface area contributed by atoms with Crippen LogP contribution in [0.15, 0.2) is 33.5 Å². The van der Waals surface area contributed by atoms with E-state index < -0.39 is 5.69 Å². The number of carbonyl (C=O) groups is 1. The van der Waals surface area contributed by atoms with Crippen molar-refractivity contribution in [1.29, 1.82) is 0 Å². The van der Waals surface area contributed by atoms with Crippen LogP contribution in [0.4, 0.5) is 0 Å². The Morgan fingerprint density at radius 3 is 2.67 bits per heavy atom. The highest BCUT2D eigenvalue weighted by molar-refractivity contribution is 9.10. The first kappa shape index (κ1) is 15.4. The number of ketones is 1. The zero-order valence-electron chi connectivity index (χ0n) is 12.0. The topological polar surface area (TPSA) is 61.2 Å². The van der Waals surface area contributed by atoms with Crippen molar-refractivity contribution in [2.45, 2.75) is 20.4 Å². The van der Waals surface area contributed by atoms with Crippen LogP contribution in [0.1, 0.15) is 21.7 Å². The summed E-state index contributed by atoms with van der Waals surface area (Å²) in [6.45, 7) is 3.44. The number of aryl methyl sites for hydroxylation is 1. The molecule has 2 rings (SSSR count). The number of hydrogen-bond acceptors (Lipinski definition) is 4. The number of methoxy groups -OCH3 is 1. The Balaban J connectivity index is 2.41. The predicted molar refractivity (Wildman–Crippen MR) is 83.0 cm³/mol. The molecule has 5 nitrogen and oxygen atoms in total. The van der Waals surface area contributed by atoms with E-state index in [1.807, 2.05) is 0 Å². The average molecular weight is 351 g/mol. The first-order valence-electron chi connectivity index (χ1n) is 6.35.